The molecule has 104 valence electrons. The molecule has 0 saturated heterocycles. The number of furan rings is 1. The average Bonchev–Trinajstić information content (AvgIpc) is 2.85. The molecule has 1 aliphatic heterocycles. The first-order chi connectivity index (χ1) is 9.54. The molecule has 5 heteroatoms. The standard InChI is InChI=1S/C15H15ClN2O2/c1-9-5-12(8-20-9)14(16)10-3-4-13-11(6-10)7-18(2)15(19)17-13/h3-6,8,14H,7H2,1-2H3,(H,17,19). The Kier molecular flexibility index (Phi) is 3.18. The Bertz CT molecular complexity index is 666. The van der Waals surface area contributed by atoms with Crippen molar-refractivity contribution in [3.63, 3.8) is 0 Å². The molecule has 4 nitrogen and oxygen atoms in total. The van der Waals surface area contributed by atoms with Crippen molar-refractivity contribution in [2.24, 2.45) is 0 Å². The molecule has 1 aliphatic rings. The number of benzene rings is 1. The zero-order valence-electron chi connectivity index (χ0n) is 11.3. The second-order valence-electron chi connectivity index (χ2n) is 5.06. The summed E-state index contributed by atoms with van der Waals surface area (Å²) < 4.78 is 5.30. The number of aryl methyl sites for hydroxylation is 1. The van der Waals surface area contributed by atoms with Crippen LogP contribution in [0.4, 0.5) is 10.5 Å². The lowest BCUT2D eigenvalue weighted by molar-refractivity contribution is 0.218. The molecule has 1 N–H and O–H groups in total. The van der Waals surface area contributed by atoms with Gasteiger partial charge in [0.25, 0.3) is 0 Å². The number of rotatable bonds is 2. The van der Waals surface area contributed by atoms with E-state index in [2.05, 4.69) is 5.32 Å². The minimum absolute atomic E-state index is 0.0851. The number of urea groups is 1. The van der Waals surface area contributed by atoms with Crippen molar-refractivity contribution in [3.05, 3.63) is 53.0 Å². The molecule has 3 rings (SSSR count). The summed E-state index contributed by atoms with van der Waals surface area (Å²) in [4.78, 5) is 13.2. The SMILES string of the molecule is Cc1cc(C(Cl)c2ccc3c(c2)CN(C)C(=O)N3)co1. The van der Waals surface area contributed by atoms with Gasteiger partial charge in [0, 0.05) is 24.8 Å². The molecule has 20 heavy (non-hydrogen) atoms. The highest BCUT2D eigenvalue weighted by Gasteiger charge is 2.21. The van der Waals surface area contributed by atoms with E-state index in [4.69, 9.17) is 16.0 Å². The molecule has 2 aromatic rings. The van der Waals surface area contributed by atoms with E-state index in [1.165, 1.54) is 0 Å². The summed E-state index contributed by atoms with van der Waals surface area (Å²) in [5.74, 6) is 0.843. The minimum Gasteiger partial charge on any atom is -0.469 e. The van der Waals surface area contributed by atoms with Gasteiger partial charge in [0.05, 0.1) is 11.6 Å². The summed E-state index contributed by atoms with van der Waals surface area (Å²) in [5, 5.41) is 2.60. The maximum absolute atomic E-state index is 11.6. The minimum atomic E-state index is -0.249. The highest BCUT2D eigenvalue weighted by atomic mass is 35.5. The van der Waals surface area contributed by atoms with Crippen LogP contribution in [0.2, 0.25) is 0 Å². The van der Waals surface area contributed by atoms with E-state index in [-0.39, 0.29) is 11.4 Å². The van der Waals surface area contributed by atoms with Crippen LogP contribution >= 0.6 is 11.6 Å². The van der Waals surface area contributed by atoms with Gasteiger partial charge in [0.15, 0.2) is 0 Å². The van der Waals surface area contributed by atoms with E-state index >= 15 is 0 Å². The molecule has 2 amide bonds. The number of carbonyl (C=O) groups is 1. The van der Waals surface area contributed by atoms with Gasteiger partial charge in [-0.25, -0.2) is 4.79 Å². The quantitative estimate of drug-likeness (QED) is 0.853. The maximum Gasteiger partial charge on any atom is 0.321 e. The maximum atomic E-state index is 11.6. The van der Waals surface area contributed by atoms with Crippen molar-refractivity contribution in [3.8, 4) is 0 Å². The van der Waals surface area contributed by atoms with Gasteiger partial charge in [0.1, 0.15) is 5.76 Å². The van der Waals surface area contributed by atoms with Gasteiger partial charge >= 0.3 is 6.03 Å². The lowest BCUT2D eigenvalue weighted by Crippen LogP contribution is -2.35. The predicted octanol–water partition coefficient (Wildman–Crippen LogP) is 3.89. The van der Waals surface area contributed by atoms with Crippen molar-refractivity contribution in [1.82, 2.24) is 4.90 Å². The third kappa shape index (κ3) is 2.27. The second kappa shape index (κ2) is 4.87. The third-order valence-corrected chi connectivity index (χ3v) is 3.97. The van der Waals surface area contributed by atoms with Gasteiger partial charge in [0.2, 0.25) is 0 Å². The van der Waals surface area contributed by atoms with Gasteiger partial charge in [-0.1, -0.05) is 12.1 Å². The monoisotopic (exact) mass is 290 g/mol. The molecule has 0 bridgehead atoms. The fourth-order valence-electron chi connectivity index (χ4n) is 2.35. The van der Waals surface area contributed by atoms with Crippen LogP contribution in [0.25, 0.3) is 0 Å². The van der Waals surface area contributed by atoms with Crippen LogP contribution in [0.15, 0.2) is 34.9 Å². The largest absolute Gasteiger partial charge is 0.469 e. The zero-order valence-corrected chi connectivity index (χ0v) is 12.1. The number of anilines is 1. The van der Waals surface area contributed by atoms with Crippen molar-refractivity contribution in [2.75, 3.05) is 12.4 Å². The smallest absolute Gasteiger partial charge is 0.321 e. The fourth-order valence-corrected chi connectivity index (χ4v) is 2.60. The lowest BCUT2D eigenvalue weighted by atomic mass is 10.0. The number of alkyl halides is 1. The van der Waals surface area contributed by atoms with E-state index in [1.807, 2.05) is 31.2 Å². The van der Waals surface area contributed by atoms with Gasteiger partial charge in [-0.15, -0.1) is 11.6 Å². The average molecular weight is 291 g/mol. The number of halogens is 1. The Labute approximate surface area is 122 Å². The molecule has 1 atom stereocenters. The van der Waals surface area contributed by atoms with Crippen LogP contribution in [-0.4, -0.2) is 18.0 Å². The number of hydrogen-bond donors (Lipinski definition) is 1. The van der Waals surface area contributed by atoms with Crippen molar-refractivity contribution >= 4 is 23.3 Å². The highest BCUT2D eigenvalue weighted by molar-refractivity contribution is 6.22. The van der Waals surface area contributed by atoms with Crippen LogP contribution < -0.4 is 5.32 Å². The summed E-state index contributed by atoms with van der Waals surface area (Å²) in [5.41, 5.74) is 3.85. The highest BCUT2D eigenvalue weighted by Crippen LogP contribution is 2.33. The van der Waals surface area contributed by atoms with Gasteiger partial charge < -0.3 is 14.6 Å². The zero-order chi connectivity index (χ0) is 14.3. The first kappa shape index (κ1) is 13.1. The summed E-state index contributed by atoms with van der Waals surface area (Å²) in [6, 6.07) is 7.72. The number of amides is 2. The molecular formula is C15H15ClN2O2. The number of fused-ring (bicyclic) bond motifs is 1. The molecule has 2 heterocycles. The Balaban J connectivity index is 1.92. The first-order valence-corrected chi connectivity index (χ1v) is 6.82. The Morgan fingerprint density at radius 3 is 2.85 bits per heavy atom. The van der Waals surface area contributed by atoms with E-state index in [0.717, 1.165) is 28.1 Å². The molecule has 0 fully saturated rings. The van der Waals surface area contributed by atoms with Gasteiger partial charge in [-0.3, -0.25) is 0 Å². The van der Waals surface area contributed by atoms with E-state index in [9.17, 15) is 4.79 Å². The number of carbonyl (C=O) groups excluding carboxylic acids is 1. The summed E-state index contributed by atoms with van der Waals surface area (Å²) in [7, 11) is 1.77. The Morgan fingerprint density at radius 1 is 1.35 bits per heavy atom. The third-order valence-electron chi connectivity index (χ3n) is 3.46. The summed E-state index contributed by atoms with van der Waals surface area (Å²) in [6.45, 7) is 2.48. The normalized spacial score (nSPS) is 15.8. The topological polar surface area (TPSA) is 45.5 Å². The summed E-state index contributed by atoms with van der Waals surface area (Å²) in [6.07, 6.45) is 1.68. The molecule has 0 saturated carbocycles. The molecule has 0 aliphatic carbocycles. The number of hydrogen-bond acceptors (Lipinski definition) is 2. The lowest BCUT2D eigenvalue weighted by Gasteiger charge is -2.26. The molecule has 0 spiro atoms. The number of nitrogens with one attached hydrogen (secondary N) is 1. The van der Waals surface area contributed by atoms with Crippen molar-refractivity contribution in [2.45, 2.75) is 18.8 Å². The Hall–Kier alpha value is -1.94. The van der Waals surface area contributed by atoms with Crippen LogP contribution in [0.5, 0.6) is 0 Å². The molecule has 1 aromatic carbocycles. The van der Waals surface area contributed by atoms with Gasteiger partial charge in [-0.2, -0.15) is 0 Å². The summed E-state index contributed by atoms with van der Waals surface area (Å²) >= 11 is 6.49. The molecule has 1 unspecified atom stereocenters. The van der Waals surface area contributed by atoms with E-state index in [0.29, 0.717) is 6.54 Å². The molecule has 1 aromatic heterocycles. The Morgan fingerprint density at radius 2 is 2.15 bits per heavy atom. The van der Waals surface area contributed by atoms with E-state index in [1.54, 1.807) is 18.2 Å². The molecule has 0 radical (unpaired) electrons. The van der Waals surface area contributed by atoms with Crippen molar-refractivity contribution in [1.29, 1.82) is 0 Å². The second-order valence-corrected chi connectivity index (χ2v) is 5.49. The van der Waals surface area contributed by atoms with E-state index < -0.39 is 0 Å². The van der Waals surface area contributed by atoms with Gasteiger partial charge in [-0.05, 0) is 30.2 Å². The van der Waals surface area contributed by atoms with Crippen molar-refractivity contribution < 1.29 is 9.21 Å². The fraction of sp³-hybridized carbons (Fsp3) is 0.267. The first-order valence-electron chi connectivity index (χ1n) is 6.38. The van der Waals surface area contributed by atoms with Crippen LogP contribution in [0.3, 0.4) is 0 Å². The number of nitrogens with zero attached hydrogens (tertiary/aromatic N) is 1. The van der Waals surface area contributed by atoms with Crippen LogP contribution in [-0.2, 0) is 6.54 Å². The molecular weight excluding hydrogens is 276 g/mol. The van der Waals surface area contributed by atoms with Crippen LogP contribution in [0, 0.1) is 6.92 Å². The predicted molar refractivity (Wildman–Crippen MR) is 78.1 cm³/mol. The van der Waals surface area contributed by atoms with Crippen LogP contribution in [0.1, 0.15) is 27.8 Å².